The van der Waals surface area contributed by atoms with Crippen LogP contribution in [0.1, 0.15) is 36.8 Å². The first-order chi connectivity index (χ1) is 9.67. The molecule has 110 valence electrons. The molecule has 1 aromatic rings. The second-order valence-electron chi connectivity index (χ2n) is 6.67. The molecule has 3 heteroatoms. The molecule has 2 fully saturated rings. The van der Waals surface area contributed by atoms with Gasteiger partial charge >= 0.3 is 0 Å². The van der Waals surface area contributed by atoms with E-state index in [2.05, 4.69) is 29.3 Å². The molecule has 0 aromatic heterocycles. The van der Waals surface area contributed by atoms with Gasteiger partial charge < -0.3 is 5.32 Å². The molecule has 2 nitrogen and oxygen atoms in total. The minimum absolute atomic E-state index is 0.539. The van der Waals surface area contributed by atoms with Crippen molar-refractivity contribution in [1.82, 2.24) is 10.2 Å². The van der Waals surface area contributed by atoms with Crippen molar-refractivity contribution >= 4 is 11.6 Å². The van der Waals surface area contributed by atoms with Crippen LogP contribution >= 0.6 is 11.6 Å². The van der Waals surface area contributed by atoms with E-state index in [1.807, 2.05) is 6.07 Å². The van der Waals surface area contributed by atoms with Crippen molar-refractivity contribution in [2.45, 2.75) is 39.2 Å². The first-order valence-electron chi connectivity index (χ1n) is 7.85. The second kappa shape index (κ2) is 6.05. The van der Waals surface area contributed by atoms with E-state index in [1.54, 1.807) is 0 Å². The summed E-state index contributed by atoms with van der Waals surface area (Å²) >= 11 is 6.05. The number of piperidine rings is 2. The lowest BCUT2D eigenvalue weighted by Crippen LogP contribution is -2.50. The lowest BCUT2D eigenvalue weighted by molar-refractivity contribution is 0.0599. The summed E-state index contributed by atoms with van der Waals surface area (Å²) in [6.07, 6.45) is 5.48. The van der Waals surface area contributed by atoms with Gasteiger partial charge in [0.25, 0.3) is 0 Å². The summed E-state index contributed by atoms with van der Waals surface area (Å²) in [4.78, 5) is 2.65. The highest BCUT2D eigenvalue weighted by Gasteiger charge is 2.36. The first-order valence-corrected chi connectivity index (χ1v) is 8.23. The molecule has 1 aromatic carbocycles. The number of likely N-dealkylation sites (tertiary alicyclic amines) is 1. The highest BCUT2D eigenvalue weighted by atomic mass is 35.5. The van der Waals surface area contributed by atoms with Gasteiger partial charge in [0.05, 0.1) is 0 Å². The summed E-state index contributed by atoms with van der Waals surface area (Å²) < 4.78 is 0. The quantitative estimate of drug-likeness (QED) is 0.896. The lowest BCUT2D eigenvalue weighted by Gasteiger charge is -2.45. The third kappa shape index (κ3) is 3.19. The molecule has 2 aliphatic rings. The number of nitrogens with zero attached hydrogens (tertiary/aromatic N) is 1. The minimum atomic E-state index is 0.539. The van der Waals surface area contributed by atoms with Crippen LogP contribution in [0.2, 0.25) is 5.02 Å². The average Bonchev–Trinajstić information content (AvgIpc) is 2.43. The number of benzene rings is 1. The summed E-state index contributed by atoms with van der Waals surface area (Å²) in [5.74, 6) is 0. The third-order valence-corrected chi connectivity index (χ3v) is 5.23. The van der Waals surface area contributed by atoms with Crippen LogP contribution in [0.15, 0.2) is 18.2 Å². The van der Waals surface area contributed by atoms with Gasteiger partial charge in [-0.2, -0.15) is 0 Å². The Morgan fingerprint density at radius 3 is 2.90 bits per heavy atom. The number of hydrogen-bond acceptors (Lipinski definition) is 2. The maximum atomic E-state index is 6.05. The van der Waals surface area contributed by atoms with Crippen LogP contribution in [0.5, 0.6) is 0 Å². The fraction of sp³-hybridized carbons (Fsp3) is 0.647. The van der Waals surface area contributed by atoms with E-state index in [-0.39, 0.29) is 0 Å². The Morgan fingerprint density at radius 2 is 2.15 bits per heavy atom. The molecule has 2 heterocycles. The molecule has 1 atom stereocenters. The zero-order valence-corrected chi connectivity index (χ0v) is 13.2. The number of rotatable bonds is 2. The monoisotopic (exact) mass is 292 g/mol. The molecule has 0 aliphatic carbocycles. The number of aryl methyl sites for hydroxylation is 1. The third-order valence-electron chi connectivity index (χ3n) is 5.00. The zero-order valence-electron chi connectivity index (χ0n) is 12.4. The molecule has 2 aliphatic heterocycles. The van der Waals surface area contributed by atoms with Gasteiger partial charge in [-0.15, -0.1) is 0 Å². The molecule has 2 saturated heterocycles. The van der Waals surface area contributed by atoms with Crippen LogP contribution in [0.25, 0.3) is 0 Å². The van der Waals surface area contributed by atoms with E-state index in [0.29, 0.717) is 5.41 Å². The first kappa shape index (κ1) is 14.4. The Labute approximate surface area is 127 Å². The van der Waals surface area contributed by atoms with Gasteiger partial charge in [-0.3, -0.25) is 4.90 Å². The highest BCUT2D eigenvalue weighted by molar-refractivity contribution is 6.30. The molecular weight excluding hydrogens is 268 g/mol. The van der Waals surface area contributed by atoms with Crippen molar-refractivity contribution in [2.75, 3.05) is 26.2 Å². The molecule has 0 bridgehead atoms. The van der Waals surface area contributed by atoms with E-state index in [4.69, 9.17) is 11.6 Å². The lowest BCUT2D eigenvalue weighted by atomic mass is 9.74. The van der Waals surface area contributed by atoms with Gasteiger partial charge in [0.2, 0.25) is 0 Å². The minimum Gasteiger partial charge on any atom is -0.316 e. The SMILES string of the molecule is Cc1cc(Cl)ccc1CN1CCCC2(CCCNC2)C1. The van der Waals surface area contributed by atoms with E-state index >= 15 is 0 Å². The van der Waals surface area contributed by atoms with E-state index < -0.39 is 0 Å². The Balaban J connectivity index is 1.68. The van der Waals surface area contributed by atoms with E-state index in [1.165, 1.54) is 63.0 Å². The Kier molecular flexibility index (Phi) is 4.34. The largest absolute Gasteiger partial charge is 0.316 e. The number of nitrogens with one attached hydrogen (secondary N) is 1. The molecule has 0 amide bonds. The summed E-state index contributed by atoms with van der Waals surface area (Å²) in [7, 11) is 0. The Morgan fingerprint density at radius 1 is 1.30 bits per heavy atom. The van der Waals surface area contributed by atoms with Gasteiger partial charge in [0.15, 0.2) is 0 Å². The maximum Gasteiger partial charge on any atom is 0.0408 e. The molecule has 20 heavy (non-hydrogen) atoms. The molecule has 1 unspecified atom stereocenters. The van der Waals surface area contributed by atoms with Crippen LogP contribution < -0.4 is 5.32 Å². The van der Waals surface area contributed by atoms with E-state index in [0.717, 1.165) is 11.6 Å². The average molecular weight is 293 g/mol. The van der Waals surface area contributed by atoms with Crippen molar-refractivity contribution in [1.29, 1.82) is 0 Å². The Hall–Kier alpha value is -0.570. The van der Waals surface area contributed by atoms with Gasteiger partial charge in [-0.1, -0.05) is 17.7 Å². The van der Waals surface area contributed by atoms with Crippen LogP contribution in [0.4, 0.5) is 0 Å². The smallest absolute Gasteiger partial charge is 0.0408 e. The van der Waals surface area contributed by atoms with Crippen molar-refractivity contribution in [3.63, 3.8) is 0 Å². The van der Waals surface area contributed by atoms with Gasteiger partial charge in [-0.25, -0.2) is 0 Å². The van der Waals surface area contributed by atoms with Crippen molar-refractivity contribution in [2.24, 2.45) is 5.41 Å². The standard InChI is InChI=1S/C17H25ClN2/c1-14-10-16(18)5-4-15(14)11-20-9-3-7-17(13-20)6-2-8-19-12-17/h4-5,10,19H,2-3,6-9,11-13H2,1H3. The zero-order chi connectivity index (χ0) is 14.0. The van der Waals surface area contributed by atoms with Crippen LogP contribution in [-0.4, -0.2) is 31.1 Å². The summed E-state index contributed by atoms with van der Waals surface area (Å²) in [6, 6.07) is 6.29. The molecule has 0 saturated carbocycles. The maximum absolute atomic E-state index is 6.05. The summed E-state index contributed by atoms with van der Waals surface area (Å²) in [5.41, 5.74) is 3.28. The molecule has 0 radical (unpaired) electrons. The number of hydrogen-bond donors (Lipinski definition) is 1. The predicted molar refractivity (Wildman–Crippen MR) is 85.2 cm³/mol. The molecule has 3 rings (SSSR count). The molecule has 1 N–H and O–H groups in total. The summed E-state index contributed by atoms with van der Waals surface area (Å²) in [6.45, 7) is 8.15. The topological polar surface area (TPSA) is 15.3 Å². The van der Waals surface area contributed by atoms with Crippen LogP contribution in [-0.2, 0) is 6.54 Å². The van der Waals surface area contributed by atoms with Crippen molar-refractivity contribution in [3.05, 3.63) is 34.3 Å². The van der Waals surface area contributed by atoms with Crippen LogP contribution in [0, 0.1) is 12.3 Å². The van der Waals surface area contributed by atoms with E-state index in [9.17, 15) is 0 Å². The van der Waals surface area contributed by atoms with Gasteiger partial charge in [0.1, 0.15) is 0 Å². The van der Waals surface area contributed by atoms with Crippen LogP contribution in [0.3, 0.4) is 0 Å². The number of halogens is 1. The second-order valence-corrected chi connectivity index (χ2v) is 7.10. The highest BCUT2D eigenvalue weighted by Crippen LogP contribution is 2.36. The fourth-order valence-corrected chi connectivity index (χ4v) is 4.13. The normalized spacial score (nSPS) is 27.9. The Bertz CT molecular complexity index is 461. The fourth-order valence-electron chi connectivity index (χ4n) is 3.90. The summed E-state index contributed by atoms with van der Waals surface area (Å²) in [5, 5.41) is 4.45. The van der Waals surface area contributed by atoms with Gasteiger partial charge in [0, 0.05) is 24.7 Å². The van der Waals surface area contributed by atoms with Gasteiger partial charge in [-0.05, 0) is 74.4 Å². The van der Waals surface area contributed by atoms with Crippen molar-refractivity contribution in [3.8, 4) is 0 Å². The predicted octanol–water partition coefficient (Wildman–Crippen LogP) is 3.61. The van der Waals surface area contributed by atoms with Crippen molar-refractivity contribution < 1.29 is 0 Å². The molecular formula is C17H25ClN2. The molecule has 1 spiro atoms.